The summed E-state index contributed by atoms with van der Waals surface area (Å²) in [5, 5.41) is 0. The highest BCUT2D eigenvalue weighted by Crippen LogP contribution is 2.15. The Balaban J connectivity index is 1.71. The van der Waals surface area contributed by atoms with Gasteiger partial charge in [-0.15, -0.1) is 0 Å². The van der Waals surface area contributed by atoms with E-state index in [0.29, 0.717) is 22.7 Å². The van der Waals surface area contributed by atoms with Gasteiger partial charge in [0, 0.05) is 11.8 Å². The van der Waals surface area contributed by atoms with E-state index in [1.165, 1.54) is 10.5 Å². The fraction of sp³-hybridized carbons (Fsp3) is 0.250. The molecule has 3 aromatic rings. The number of hydrogen-bond acceptors (Lipinski definition) is 5. The molecule has 0 saturated heterocycles. The first-order valence-corrected chi connectivity index (χ1v) is 8.36. The summed E-state index contributed by atoms with van der Waals surface area (Å²) in [5.74, 6) is 0.212. The van der Waals surface area contributed by atoms with Crippen molar-refractivity contribution < 1.29 is 14.3 Å². The van der Waals surface area contributed by atoms with Gasteiger partial charge in [-0.3, -0.25) is 9.20 Å². The number of nitrogens with zero attached hydrogens (tertiary/aromatic N) is 2. The smallest absolute Gasteiger partial charge is 0.338 e. The fourth-order valence-corrected chi connectivity index (χ4v) is 2.60. The number of ether oxygens (including phenoxy) is 2. The molecule has 0 saturated carbocycles. The third kappa shape index (κ3) is 3.91. The zero-order valence-electron chi connectivity index (χ0n) is 14.9. The van der Waals surface area contributed by atoms with Gasteiger partial charge in [-0.25, -0.2) is 9.78 Å². The quantitative estimate of drug-likeness (QED) is 0.660. The predicted octanol–water partition coefficient (Wildman–Crippen LogP) is 3.15. The molecule has 0 amide bonds. The highest BCUT2D eigenvalue weighted by molar-refractivity contribution is 5.89. The minimum absolute atomic E-state index is 0.0644. The summed E-state index contributed by atoms with van der Waals surface area (Å²) in [5.41, 5.74) is 1.95. The lowest BCUT2D eigenvalue weighted by atomic mass is 10.2. The number of carbonyl (C=O) groups excluding carboxylic acids is 1. The number of esters is 1. The molecule has 0 fully saturated rings. The summed E-state index contributed by atoms with van der Waals surface area (Å²) in [4.78, 5) is 28.8. The highest BCUT2D eigenvalue weighted by Gasteiger charge is 2.10. The lowest BCUT2D eigenvalue weighted by Gasteiger charge is -2.10. The Hall–Kier alpha value is -3.15. The van der Waals surface area contributed by atoms with Crippen LogP contribution in [0.2, 0.25) is 0 Å². The largest absolute Gasteiger partial charge is 0.491 e. The van der Waals surface area contributed by atoms with Crippen LogP contribution in [0.15, 0.2) is 53.3 Å². The molecule has 0 unspecified atom stereocenters. The number of carbonyl (C=O) groups is 1. The van der Waals surface area contributed by atoms with Gasteiger partial charge in [0.25, 0.3) is 5.56 Å². The van der Waals surface area contributed by atoms with Gasteiger partial charge in [-0.05, 0) is 57.2 Å². The van der Waals surface area contributed by atoms with Crippen LogP contribution in [-0.4, -0.2) is 21.5 Å². The molecule has 0 radical (unpaired) electrons. The number of aromatic nitrogens is 2. The second-order valence-corrected chi connectivity index (χ2v) is 6.21. The number of benzene rings is 1. The zero-order valence-corrected chi connectivity index (χ0v) is 14.9. The van der Waals surface area contributed by atoms with E-state index in [1.54, 1.807) is 30.3 Å². The average molecular weight is 352 g/mol. The summed E-state index contributed by atoms with van der Waals surface area (Å²) >= 11 is 0. The van der Waals surface area contributed by atoms with Crippen molar-refractivity contribution in [1.82, 2.24) is 9.38 Å². The Morgan fingerprint density at radius 2 is 1.88 bits per heavy atom. The van der Waals surface area contributed by atoms with Crippen LogP contribution in [0, 0.1) is 6.92 Å². The average Bonchev–Trinajstić information content (AvgIpc) is 2.59. The van der Waals surface area contributed by atoms with E-state index in [4.69, 9.17) is 9.47 Å². The Morgan fingerprint density at radius 3 is 2.58 bits per heavy atom. The van der Waals surface area contributed by atoms with Gasteiger partial charge >= 0.3 is 5.97 Å². The number of hydrogen-bond donors (Lipinski definition) is 0. The number of aryl methyl sites for hydroxylation is 1. The molecule has 26 heavy (non-hydrogen) atoms. The number of fused-ring (bicyclic) bond motifs is 1. The van der Waals surface area contributed by atoms with E-state index in [-0.39, 0.29) is 18.3 Å². The van der Waals surface area contributed by atoms with Crippen LogP contribution in [0.1, 0.15) is 35.6 Å². The van der Waals surface area contributed by atoms with Crippen molar-refractivity contribution in [3.05, 3.63) is 75.8 Å². The van der Waals surface area contributed by atoms with Crippen molar-refractivity contribution >= 4 is 11.6 Å². The summed E-state index contributed by atoms with van der Waals surface area (Å²) in [6, 6.07) is 13.5. The van der Waals surface area contributed by atoms with Crippen LogP contribution in [-0.2, 0) is 11.3 Å². The van der Waals surface area contributed by atoms with Crippen molar-refractivity contribution in [2.45, 2.75) is 33.5 Å². The van der Waals surface area contributed by atoms with Crippen LogP contribution >= 0.6 is 0 Å². The first-order valence-electron chi connectivity index (χ1n) is 8.36. The van der Waals surface area contributed by atoms with Gasteiger partial charge < -0.3 is 9.47 Å². The van der Waals surface area contributed by atoms with Crippen LogP contribution < -0.4 is 10.3 Å². The molecule has 0 bridgehead atoms. The standard InChI is InChI=1S/C20H20N2O4/c1-13(2)26-17-9-7-15(8-10-17)20(24)25-12-16-11-19(23)22-14(3)5-4-6-18(22)21-16/h4-11,13H,12H2,1-3H3. The van der Waals surface area contributed by atoms with Gasteiger partial charge in [0.2, 0.25) is 0 Å². The van der Waals surface area contributed by atoms with Gasteiger partial charge in [0.1, 0.15) is 18.0 Å². The molecule has 0 aliphatic heterocycles. The van der Waals surface area contributed by atoms with E-state index in [0.717, 1.165) is 5.69 Å². The molecule has 0 aliphatic rings. The van der Waals surface area contributed by atoms with Crippen molar-refractivity contribution in [3.63, 3.8) is 0 Å². The topological polar surface area (TPSA) is 69.9 Å². The van der Waals surface area contributed by atoms with Crippen LogP contribution in [0.3, 0.4) is 0 Å². The molecule has 134 valence electrons. The molecule has 1 aromatic carbocycles. The van der Waals surface area contributed by atoms with Gasteiger partial charge in [-0.2, -0.15) is 0 Å². The Bertz CT molecular complexity index is 991. The van der Waals surface area contributed by atoms with Crippen LogP contribution in [0.4, 0.5) is 0 Å². The summed E-state index contributed by atoms with van der Waals surface area (Å²) in [6.45, 7) is 5.64. The lowest BCUT2D eigenvalue weighted by Crippen LogP contribution is -2.18. The minimum atomic E-state index is -0.479. The molecule has 6 heteroatoms. The molecule has 0 atom stereocenters. The van der Waals surface area contributed by atoms with E-state index < -0.39 is 5.97 Å². The minimum Gasteiger partial charge on any atom is -0.491 e. The summed E-state index contributed by atoms with van der Waals surface area (Å²) in [6.07, 6.45) is 0.0644. The van der Waals surface area contributed by atoms with Crippen molar-refractivity contribution in [3.8, 4) is 5.75 Å². The van der Waals surface area contributed by atoms with Gasteiger partial charge in [0.05, 0.1) is 17.4 Å². The maximum atomic E-state index is 12.2. The molecular weight excluding hydrogens is 332 g/mol. The second kappa shape index (κ2) is 7.39. The highest BCUT2D eigenvalue weighted by atomic mass is 16.5. The van der Waals surface area contributed by atoms with E-state index in [2.05, 4.69) is 4.98 Å². The predicted molar refractivity (Wildman–Crippen MR) is 97.5 cm³/mol. The summed E-state index contributed by atoms with van der Waals surface area (Å²) in [7, 11) is 0. The molecule has 2 aromatic heterocycles. The first-order chi connectivity index (χ1) is 12.4. The molecular formula is C20H20N2O4. The van der Waals surface area contributed by atoms with Crippen molar-refractivity contribution in [1.29, 1.82) is 0 Å². The summed E-state index contributed by atoms with van der Waals surface area (Å²) < 4.78 is 12.3. The zero-order chi connectivity index (χ0) is 18.7. The Morgan fingerprint density at radius 1 is 1.15 bits per heavy atom. The maximum Gasteiger partial charge on any atom is 0.338 e. The van der Waals surface area contributed by atoms with Crippen LogP contribution in [0.25, 0.3) is 5.65 Å². The van der Waals surface area contributed by atoms with Crippen molar-refractivity contribution in [2.24, 2.45) is 0 Å². The van der Waals surface area contributed by atoms with Crippen LogP contribution in [0.5, 0.6) is 5.75 Å². The fourth-order valence-electron chi connectivity index (χ4n) is 2.60. The molecule has 2 heterocycles. The van der Waals surface area contributed by atoms with E-state index in [1.807, 2.05) is 32.9 Å². The second-order valence-electron chi connectivity index (χ2n) is 6.21. The molecule has 3 rings (SSSR count). The number of pyridine rings is 1. The molecule has 0 aliphatic carbocycles. The SMILES string of the molecule is Cc1cccc2nc(COC(=O)c3ccc(OC(C)C)cc3)cc(=O)n12. The monoisotopic (exact) mass is 352 g/mol. The van der Waals surface area contributed by atoms with Gasteiger partial charge in [-0.1, -0.05) is 6.07 Å². The maximum absolute atomic E-state index is 12.2. The van der Waals surface area contributed by atoms with Crippen molar-refractivity contribution in [2.75, 3.05) is 0 Å². The third-order valence-corrected chi connectivity index (χ3v) is 3.75. The molecule has 0 spiro atoms. The Labute approximate surface area is 151 Å². The number of rotatable bonds is 5. The lowest BCUT2D eigenvalue weighted by molar-refractivity contribution is 0.0467. The third-order valence-electron chi connectivity index (χ3n) is 3.75. The molecule has 0 N–H and O–H groups in total. The normalized spacial score (nSPS) is 10.9. The Kier molecular flexibility index (Phi) is 5.02. The first kappa shape index (κ1) is 17.7. The van der Waals surface area contributed by atoms with E-state index in [9.17, 15) is 9.59 Å². The van der Waals surface area contributed by atoms with E-state index >= 15 is 0 Å². The molecule has 6 nitrogen and oxygen atoms in total. The van der Waals surface area contributed by atoms with Gasteiger partial charge in [0.15, 0.2) is 0 Å².